The van der Waals surface area contributed by atoms with Gasteiger partial charge in [-0.1, -0.05) is 19.9 Å². The average Bonchev–Trinajstić information content (AvgIpc) is 2.75. The molecule has 0 spiro atoms. The van der Waals surface area contributed by atoms with Crippen molar-refractivity contribution in [2.45, 2.75) is 34.1 Å². The summed E-state index contributed by atoms with van der Waals surface area (Å²) in [6.45, 7) is 7.49. The summed E-state index contributed by atoms with van der Waals surface area (Å²) >= 11 is 0. The number of fused-ring (bicyclic) bond motifs is 1. The monoisotopic (exact) mass is 431 g/mol. The number of halogens is 1. The van der Waals surface area contributed by atoms with Crippen molar-refractivity contribution in [3.05, 3.63) is 61.9 Å². The minimum absolute atomic E-state index is 0.0546. The van der Waals surface area contributed by atoms with Crippen molar-refractivity contribution >= 4 is 22.4 Å². The number of aliphatic hydroxyl groups excluding tert-OH is 1. The zero-order valence-electron chi connectivity index (χ0n) is 18.9. The summed E-state index contributed by atoms with van der Waals surface area (Å²) in [6, 6.07) is 4.69. The molecule has 7 nitrogen and oxygen atoms in total. The Labute approximate surface area is 180 Å². The molecule has 0 fully saturated rings. The third-order valence-corrected chi connectivity index (χ3v) is 4.83. The quantitative estimate of drug-likeness (QED) is 0.584. The molecule has 0 saturated carbocycles. The third kappa shape index (κ3) is 4.80. The van der Waals surface area contributed by atoms with Gasteiger partial charge in [0.25, 0.3) is 5.56 Å². The number of rotatable bonds is 6. The first-order chi connectivity index (χ1) is 14.8. The normalized spacial score (nSPS) is 10.6. The van der Waals surface area contributed by atoms with E-state index in [1.165, 1.54) is 16.8 Å². The third-order valence-electron chi connectivity index (χ3n) is 4.83. The number of hydrogen-bond donors (Lipinski definition) is 2. The van der Waals surface area contributed by atoms with Crippen LogP contribution in [0.4, 0.5) is 15.8 Å². The molecule has 0 radical (unpaired) electrons. The molecule has 0 saturated heterocycles. The van der Waals surface area contributed by atoms with Crippen molar-refractivity contribution in [1.82, 2.24) is 9.13 Å². The van der Waals surface area contributed by atoms with Crippen molar-refractivity contribution in [1.29, 1.82) is 0 Å². The fraction of sp³-hybridized carbons (Fsp3) is 0.391. The van der Waals surface area contributed by atoms with Crippen LogP contribution in [0.2, 0.25) is 0 Å². The zero-order chi connectivity index (χ0) is 23.3. The molecule has 0 amide bonds. The molecule has 0 bridgehead atoms. The van der Waals surface area contributed by atoms with E-state index in [0.29, 0.717) is 17.6 Å². The van der Waals surface area contributed by atoms with Crippen LogP contribution in [0, 0.1) is 19.7 Å². The minimum Gasteiger partial charge on any atom is -0.488 e. The van der Waals surface area contributed by atoms with Gasteiger partial charge in [-0.25, -0.2) is 4.39 Å². The van der Waals surface area contributed by atoms with Crippen molar-refractivity contribution in [3.8, 4) is 5.75 Å². The van der Waals surface area contributed by atoms with E-state index < -0.39 is 11.2 Å². The smallest absolute Gasteiger partial charge is 0.256 e. The SMILES string of the molecule is CC.Cc1ccc(Nc2c(C)c(=O)n(C)c3c2c(=O)c(OCCCO)cn3C)c(F)c1. The minimum atomic E-state index is -0.481. The van der Waals surface area contributed by atoms with Crippen LogP contribution in [-0.4, -0.2) is 27.5 Å². The first kappa shape index (κ1) is 24.1. The largest absolute Gasteiger partial charge is 0.488 e. The Balaban J connectivity index is 0.00000166. The van der Waals surface area contributed by atoms with Crippen LogP contribution in [0.25, 0.3) is 11.0 Å². The molecule has 168 valence electrons. The summed E-state index contributed by atoms with van der Waals surface area (Å²) in [4.78, 5) is 25.9. The lowest BCUT2D eigenvalue weighted by Gasteiger charge is -2.18. The number of aromatic nitrogens is 2. The Morgan fingerprint density at radius 1 is 1.16 bits per heavy atom. The number of ether oxygens (including phenoxy) is 1. The molecule has 31 heavy (non-hydrogen) atoms. The molecule has 0 aliphatic heterocycles. The van der Waals surface area contributed by atoms with Crippen molar-refractivity contribution < 1.29 is 14.2 Å². The zero-order valence-corrected chi connectivity index (χ0v) is 18.9. The van der Waals surface area contributed by atoms with Gasteiger partial charge in [0.05, 0.1) is 29.6 Å². The Bertz CT molecular complexity index is 1200. The van der Waals surface area contributed by atoms with Crippen LogP contribution >= 0.6 is 0 Å². The lowest BCUT2D eigenvalue weighted by Crippen LogP contribution is -2.27. The summed E-state index contributed by atoms with van der Waals surface area (Å²) in [5, 5.41) is 12.1. The van der Waals surface area contributed by atoms with Gasteiger partial charge in [0.1, 0.15) is 11.5 Å². The van der Waals surface area contributed by atoms with Gasteiger partial charge < -0.3 is 19.7 Å². The maximum atomic E-state index is 14.4. The average molecular weight is 432 g/mol. The topological polar surface area (TPSA) is 85.5 Å². The molecular formula is C23H30FN3O4. The number of hydrogen-bond acceptors (Lipinski definition) is 5. The molecule has 0 aliphatic carbocycles. The van der Waals surface area contributed by atoms with E-state index in [-0.39, 0.29) is 41.3 Å². The van der Waals surface area contributed by atoms with E-state index in [9.17, 15) is 14.0 Å². The molecule has 2 N–H and O–H groups in total. The molecule has 8 heteroatoms. The van der Waals surface area contributed by atoms with Gasteiger partial charge in [0.2, 0.25) is 5.43 Å². The molecule has 2 aromatic heterocycles. The predicted molar refractivity (Wildman–Crippen MR) is 122 cm³/mol. The van der Waals surface area contributed by atoms with Crippen LogP contribution in [0.15, 0.2) is 34.0 Å². The molecule has 2 heterocycles. The number of aryl methyl sites for hydroxylation is 3. The van der Waals surface area contributed by atoms with Gasteiger partial charge in [-0.3, -0.25) is 14.2 Å². The summed E-state index contributed by atoms with van der Waals surface area (Å²) in [5.41, 5.74) is 1.15. The second-order valence-corrected chi connectivity index (χ2v) is 7.03. The van der Waals surface area contributed by atoms with E-state index in [2.05, 4.69) is 5.32 Å². The Morgan fingerprint density at radius 2 is 1.84 bits per heavy atom. The van der Waals surface area contributed by atoms with E-state index in [1.807, 2.05) is 13.8 Å². The van der Waals surface area contributed by atoms with Crippen LogP contribution < -0.4 is 21.0 Å². The molecule has 0 aliphatic rings. The lowest BCUT2D eigenvalue weighted by atomic mass is 10.1. The van der Waals surface area contributed by atoms with Crippen LogP contribution in [0.5, 0.6) is 5.75 Å². The summed E-state index contributed by atoms with van der Waals surface area (Å²) < 4.78 is 23.0. The number of benzene rings is 1. The molecular weight excluding hydrogens is 401 g/mol. The number of nitrogens with zero attached hydrogens (tertiary/aromatic N) is 2. The Hall–Kier alpha value is -3.13. The van der Waals surface area contributed by atoms with Crippen LogP contribution in [-0.2, 0) is 14.1 Å². The molecule has 0 unspecified atom stereocenters. The maximum Gasteiger partial charge on any atom is 0.256 e. The van der Waals surface area contributed by atoms with E-state index in [0.717, 1.165) is 5.56 Å². The summed E-state index contributed by atoms with van der Waals surface area (Å²) in [5.74, 6) is -0.385. The van der Waals surface area contributed by atoms with Gasteiger partial charge in [-0.05, 0) is 31.5 Å². The Morgan fingerprint density at radius 3 is 2.45 bits per heavy atom. The summed E-state index contributed by atoms with van der Waals surface area (Å²) in [6.07, 6.45) is 1.89. The van der Waals surface area contributed by atoms with Crippen LogP contribution in [0.1, 0.15) is 31.4 Å². The van der Waals surface area contributed by atoms with E-state index in [1.54, 1.807) is 44.6 Å². The first-order valence-electron chi connectivity index (χ1n) is 10.3. The Kier molecular flexibility index (Phi) is 7.99. The highest BCUT2D eigenvalue weighted by atomic mass is 19.1. The fourth-order valence-corrected chi connectivity index (χ4v) is 3.33. The van der Waals surface area contributed by atoms with Crippen molar-refractivity contribution in [2.75, 3.05) is 18.5 Å². The molecule has 3 aromatic rings. The maximum absolute atomic E-state index is 14.4. The highest BCUT2D eigenvalue weighted by molar-refractivity contribution is 5.94. The standard InChI is InChI=1S/C21H24FN3O4.C2H6/c1-12-6-7-15(14(22)10-12)23-18-13(2)21(28)25(4)20-17(18)19(27)16(11-24(20)3)29-9-5-8-26;1-2/h6-7,10-11,23,26H,5,8-9H2,1-4H3;1-2H3. The van der Waals surface area contributed by atoms with Gasteiger partial charge >= 0.3 is 0 Å². The number of pyridine rings is 2. The highest BCUT2D eigenvalue weighted by Gasteiger charge is 2.20. The second-order valence-electron chi connectivity index (χ2n) is 7.03. The highest BCUT2D eigenvalue weighted by Crippen LogP contribution is 2.28. The first-order valence-corrected chi connectivity index (χ1v) is 10.3. The molecule has 0 atom stereocenters. The number of nitrogens with one attached hydrogen (secondary N) is 1. The predicted octanol–water partition coefficient (Wildman–Crippen LogP) is 3.52. The molecule has 1 aromatic carbocycles. The number of anilines is 2. The van der Waals surface area contributed by atoms with Gasteiger partial charge in [-0.15, -0.1) is 0 Å². The van der Waals surface area contributed by atoms with Gasteiger partial charge in [-0.2, -0.15) is 0 Å². The van der Waals surface area contributed by atoms with Crippen molar-refractivity contribution in [2.24, 2.45) is 14.1 Å². The fourth-order valence-electron chi connectivity index (χ4n) is 3.33. The van der Waals surface area contributed by atoms with E-state index >= 15 is 0 Å². The molecule has 3 rings (SSSR count). The van der Waals surface area contributed by atoms with Gasteiger partial charge in [0.15, 0.2) is 5.75 Å². The summed E-state index contributed by atoms with van der Waals surface area (Å²) in [7, 11) is 3.28. The lowest BCUT2D eigenvalue weighted by molar-refractivity contribution is 0.232. The van der Waals surface area contributed by atoms with Crippen LogP contribution in [0.3, 0.4) is 0 Å². The van der Waals surface area contributed by atoms with Gasteiger partial charge in [0, 0.05) is 32.7 Å². The second kappa shape index (κ2) is 10.3. The van der Waals surface area contributed by atoms with E-state index in [4.69, 9.17) is 9.84 Å². The number of aliphatic hydroxyl groups is 1. The van der Waals surface area contributed by atoms with Crippen molar-refractivity contribution in [3.63, 3.8) is 0 Å².